The van der Waals surface area contributed by atoms with Crippen LogP contribution in [-0.2, 0) is 9.47 Å². The Morgan fingerprint density at radius 1 is 0.718 bits per heavy atom. The maximum atomic E-state index is 13.9. The number of ether oxygens (including phenoxy) is 2. The van der Waals surface area contributed by atoms with Gasteiger partial charge in [-0.15, -0.1) is 0 Å². The lowest BCUT2D eigenvalue weighted by Gasteiger charge is -2.47. The van der Waals surface area contributed by atoms with Gasteiger partial charge in [-0.3, -0.25) is 9.59 Å². The summed E-state index contributed by atoms with van der Waals surface area (Å²) < 4.78 is 9.88. The van der Waals surface area contributed by atoms with E-state index in [9.17, 15) is 30.2 Å². The summed E-state index contributed by atoms with van der Waals surface area (Å²) in [7, 11) is 6.09. The number of anilines is 2. The average molecular weight is 543 g/mol. The van der Waals surface area contributed by atoms with E-state index in [2.05, 4.69) is 10.6 Å². The minimum Gasteiger partial charge on any atom is -0.633 e. The van der Waals surface area contributed by atoms with Gasteiger partial charge in [0.15, 0.2) is 0 Å². The Morgan fingerprint density at radius 2 is 1.18 bits per heavy atom. The Balaban J connectivity index is 1.63. The van der Waals surface area contributed by atoms with Crippen LogP contribution in [0.4, 0.5) is 11.4 Å². The first-order valence-corrected chi connectivity index (χ1v) is 12.9. The van der Waals surface area contributed by atoms with Crippen molar-refractivity contribution in [2.75, 3.05) is 65.3 Å². The summed E-state index contributed by atoms with van der Waals surface area (Å²) >= 11 is 0. The molecule has 0 amide bonds. The van der Waals surface area contributed by atoms with Crippen LogP contribution in [0.3, 0.4) is 0 Å². The van der Waals surface area contributed by atoms with Crippen LogP contribution in [0.2, 0.25) is 0 Å². The summed E-state index contributed by atoms with van der Waals surface area (Å²) in [6.07, 6.45) is 0.506. The van der Waals surface area contributed by atoms with Crippen molar-refractivity contribution in [2.24, 2.45) is 0 Å². The highest BCUT2D eigenvalue weighted by Crippen LogP contribution is 2.43. The third-order valence-corrected chi connectivity index (χ3v) is 7.93. The number of fused-ring (bicyclic) bond motifs is 2. The number of quaternary nitrogens is 2. The van der Waals surface area contributed by atoms with E-state index in [0.29, 0.717) is 24.4 Å². The van der Waals surface area contributed by atoms with Crippen LogP contribution in [-0.4, -0.2) is 110 Å². The first-order valence-electron chi connectivity index (χ1n) is 12.9. The van der Waals surface area contributed by atoms with Gasteiger partial charge in [0.05, 0.1) is 63.1 Å². The second-order valence-corrected chi connectivity index (χ2v) is 11.3. The fourth-order valence-electron chi connectivity index (χ4n) is 5.80. The zero-order valence-electron chi connectivity index (χ0n) is 22.4. The Morgan fingerprint density at radius 3 is 1.69 bits per heavy atom. The molecule has 4 unspecified atom stereocenters. The highest BCUT2D eigenvalue weighted by Gasteiger charge is 2.42. The summed E-state index contributed by atoms with van der Waals surface area (Å²) in [6.45, 7) is 1.11. The molecule has 2 saturated heterocycles. The Bertz CT molecular complexity index is 1320. The number of hydrogen-bond donors (Lipinski definition) is 4. The number of rotatable bonds is 6. The molecule has 12 nitrogen and oxygen atoms in total. The molecule has 0 radical (unpaired) electrons. The first-order chi connectivity index (χ1) is 18.3. The Hall–Kier alpha value is -3.26. The first kappa shape index (κ1) is 27.3. The number of hydrogen-bond acceptors (Lipinski definition) is 10. The fourth-order valence-corrected chi connectivity index (χ4v) is 5.80. The molecule has 0 aromatic heterocycles. The van der Waals surface area contributed by atoms with Crippen LogP contribution in [0.25, 0.3) is 0 Å². The summed E-state index contributed by atoms with van der Waals surface area (Å²) in [6, 6.07) is 3.89. The predicted molar refractivity (Wildman–Crippen MR) is 143 cm³/mol. The number of hydroxylamine groups is 6. The number of likely N-dealkylation sites (N-methyl/N-ethyl adjacent to an activating group) is 2. The van der Waals surface area contributed by atoms with Gasteiger partial charge in [0, 0.05) is 18.0 Å². The highest BCUT2D eigenvalue weighted by atomic mass is 16.6. The van der Waals surface area contributed by atoms with E-state index < -0.39 is 50.5 Å². The van der Waals surface area contributed by atoms with E-state index in [4.69, 9.17) is 9.47 Å². The zero-order valence-corrected chi connectivity index (χ0v) is 22.4. The summed E-state index contributed by atoms with van der Waals surface area (Å²) in [5.74, 6) is -2.13. The molecular weight excluding hydrogens is 508 g/mol. The number of benzene rings is 2. The van der Waals surface area contributed by atoms with Gasteiger partial charge in [0.25, 0.3) is 0 Å². The highest BCUT2D eigenvalue weighted by molar-refractivity contribution is 6.33. The summed E-state index contributed by atoms with van der Waals surface area (Å²) in [5, 5.41) is 53.2. The molecule has 0 saturated carbocycles. The number of ketones is 2. The van der Waals surface area contributed by atoms with Crippen molar-refractivity contribution < 1.29 is 38.6 Å². The van der Waals surface area contributed by atoms with Crippen LogP contribution < -0.4 is 10.6 Å². The van der Waals surface area contributed by atoms with Crippen molar-refractivity contribution in [3.05, 3.63) is 56.9 Å². The molecule has 0 spiro atoms. The van der Waals surface area contributed by atoms with Gasteiger partial charge in [0.2, 0.25) is 11.6 Å². The molecule has 39 heavy (non-hydrogen) atoms. The third-order valence-electron chi connectivity index (χ3n) is 7.93. The molecule has 2 aromatic rings. The maximum absolute atomic E-state index is 13.9. The topological polar surface area (TPSA) is 163 Å². The molecule has 2 heterocycles. The van der Waals surface area contributed by atoms with Crippen molar-refractivity contribution in [2.45, 2.75) is 30.6 Å². The molecule has 3 aliphatic rings. The van der Waals surface area contributed by atoms with Gasteiger partial charge in [0.1, 0.15) is 42.8 Å². The van der Waals surface area contributed by atoms with Gasteiger partial charge >= 0.3 is 0 Å². The van der Waals surface area contributed by atoms with Gasteiger partial charge in [-0.2, -0.15) is 0 Å². The lowest BCUT2D eigenvalue weighted by molar-refractivity contribution is -0.869. The molecule has 2 aliphatic heterocycles. The van der Waals surface area contributed by atoms with Gasteiger partial charge in [-0.1, -0.05) is 0 Å². The molecule has 5 rings (SSSR count). The molecular formula is C27H34N4O8. The van der Waals surface area contributed by atoms with Gasteiger partial charge < -0.3 is 50.0 Å². The molecule has 4 atom stereocenters. The number of carbonyl (C=O) groups is 2. The van der Waals surface area contributed by atoms with Crippen molar-refractivity contribution >= 4 is 22.9 Å². The monoisotopic (exact) mass is 542 g/mol. The molecule has 0 bridgehead atoms. The molecule has 210 valence electrons. The molecule has 2 fully saturated rings. The zero-order chi connectivity index (χ0) is 28.3. The number of carbonyl (C=O) groups excluding carboxylic acids is 2. The molecule has 1 aliphatic carbocycles. The molecule has 4 N–H and O–H groups in total. The van der Waals surface area contributed by atoms with Crippen molar-refractivity contribution in [3.63, 3.8) is 0 Å². The van der Waals surface area contributed by atoms with Crippen molar-refractivity contribution in [1.82, 2.24) is 0 Å². The van der Waals surface area contributed by atoms with E-state index in [1.165, 1.54) is 40.3 Å². The van der Waals surface area contributed by atoms with E-state index in [1.54, 1.807) is 12.1 Å². The Labute approximate surface area is 226 Å². The number of aromatic hydroxyl groups is 2. The second kappa shape index (κ2) is 9.73. The standard InChI is InChI=1S/C27H34N4O8/c1-30(2,36)18-12-38-10-9-14(18)28-15-5-6-16(29-17-11-39-13-19(17)31(3,4)37)23-22(15)26(34)24-20(32)7-8-21(33)25(24)27(23)35/h5-8,14,17-19,28-29,32-33H,9-13H2,1-4H3. The predicted octanol–water partition coefficient (Wildman–Crippen LogP) is 1.77. The van der Waals surface area contributed by atoms with Gasteiger partial charge in [-0.05, 0) is 30.7 Å². The quantitative estimate of drug-likeness (QED) is 0.205. The van der Waals surface area contributed by atoms with Crippen LogP contribution >= 0.6 is 0 Å². The maximum Gasteiger partial charge on any atom is 0.200 e. The van der Waals surface area contributed by atoms with Crippen molar-refractivity contribution in [3.8, 4) is 11.5 Å². The smallest absolute Gasteiger partial charge is 0.200 e. The largest absolute Gasteiger partial charge is 0.633 e. The summed E-state index contributed by atoms with van der Waals surface area (Å²) in [4.78, 5) is 27.8. The lowest BCUT2D eigenvalue weighted by atomic mass is 9.81. The van der Waals surface area contributed by atoms with Gasteiger partial charge in [-0.25, -0.2) is 0 Å². The van der Waals surface area contributed by atoms with Crippen LogP contribution in [0.15, 0.2) is 24.3 Å². The Kier molecular flexibility index (Phi) is 6.82. The lowest BCUT2D eigenvalue weighted by Crippen LogP contribution is -2.57. The van der Waals surface area contributed by atoms with E-state index in [-0.39, 0.29) is 48.1 Å². The number of phenols is 2. The van der Waals surface area contributed by atoms with Crippen LogP contribution in [0.5, 0.6) is 11.5 Å². The van der Waals surface area contributed by atoms with Crippen LogP contribution in [0, 0.1) is 10.4 Å². The molecule has 12 heteroatoms. The van der Waals surface area contributed by atoms with E-state index >= 15 is 0 Å². The van der Waals surface area contributed by atoms with E-state index in [1.807, 2.05) is 0 Å². The SMILES string of the molecule is C[N+](C)([O-])C1COCCC1Nc1ccc(NC2COCC2[N+](C)(C)[O-])c2c1C(=O)c1c(O)ccc(O)c1C2=O. The molecule has 2 aromatic carbocycles. The van der Waals surface area contributed by atoms with Crippen LogP contribution in [0.1, 0.15) is 38.3 Å². The number of phenolic OH excluding ortho intramolecular Hbond substituents is 2. The normalized spacial score (nSPS) is 25.3. The number of nitrogens with zero attached hydrogens (tertiary/aromatic N) is 2. The third kappa shape index (κ3) is 4.84. The minimum atomic E-state index is -0.644. The second-order valence-electron chi connectivity index (χ2n) is 11.3. The fraction of sp³-hybridized carbons (Fsp3) is 0.481. The summed E-state index contributed by atoms with van der Waals surface area (Å²) in [5.41, 5.74) is 0.0983. The van der Waals surface area contributed by atoms with Crippen molar-refractivity contribution in [1.29, 1.82) is 0 Å². The average Bonchev–Trinajstić information content (AvgIpc) is 3.33. The number of nitrogens with one attached hydrogen (secondary N) is 2. The van der Waals surface area contributed by atoms with E-state index in [0.717, 1.165) is 0 Å². The minimum absolute atomic E-state index is 0.0136.